The molecule has 0 spiro atoms. The summed E-state index contributed by atoms with van der Waals surface area (Å²) in [7, 11) is 0. The van der Waals surface area contributed by atoms with Crippen LogP contribution in [-0.4, -0.2) is 20.9 Å². The second-order valence-corrected chi connectivity index (χ2v) is 6.35. The number of carbonyl (C=O) groups excluding carboxylic acids is 1. The van der Waals surface area contributed by atoms with Crippen molar-refractivity contribution in [3.05, 3.63) is 53.0 Å². The third-order valence-electron chi connectivity index (χ3n) is 3.15. The van der Waals surface area contributed by atoms with Crippen molar-refractivity contribution in [2.75, 3.05) is 5.32 Å². The SMILES string of the molecule is O=C(Nc1nccs1)c1csc(-c2cc3ccccc3[nH]2)n1. The zero-order chi connectivity index (χ0) is 14.9. The average molecular weight is 326 g/mol. The van der Waals surface area contributed by atoms with Gasteiger partial charge in [-0.1, -0.05) is 18.2 Å². The van der Waals surface area contributed by atoms with Crippen LogP contribution in [0.3, 0.4) is 0 Å². The Balaban J connectivity index is 1.62. The lowest BCUT2D eigenvalue weighted by Crippen LogP contribution is -2.11. The number of rotatable bonds is 3. The summed E-state index contributed by atoms with van der Waals surface area (Å²) in [6.45, 7) is 0. The number of hydrogen-bond acceptors (Lipinski definition) is 5. The predicted octanol–water partition coefficient (Wildman–Crippen LogP) is 4.00. The zero-order valence-corrected chi connectivity index (χ0v) is 12.9. The molecule has 108 valence electrons. The minimum absolute atomic E-state index is 0.242. The molecule has 0 aliphatic heterocycles. The molecule has 2 N–H and O–H groups in total. The number of anilines is 1. The molecule has 3 heterocycles. The third kappa shape index (κ3) is 2.40. The minimum Gasteiger partial charge on any atom is -0.353 e. The van der Waals surface area contributed by atoms with Gasteiger partial charge in [0.2, 0.25) is 0 Å². The molecule has 0 bridgehead atoms. The van der Waals surface area contributed by atoms with Gasteiger partial charge in [-0.2, -0.15) is 0 Å². The van der Waals surface area contributed by atoms with Gasteiger partial charge in [-0.25, -0.2) is 9.97 Å². The third-order valence-corrected chi connectivity index (χ3v) is 4.71. The van der Waals surface area contributed by atoms with Crippen molar-refractivity contribution in [2.24, 2.45) is 0 Å². The van der Waals surface area contributed by atoms with E-state index in [2.05, 4.69) is 20.3 Å². The van der Waals surface area contributed by atoms with Crippen LogP contribution in [0.25, 0.3) is 21.6 Å². The summed E-state index contributed by atoms with van der Waals surface area (Å²) in [4.78, 5) is 23.9. The van der Waals surface area contributed by atoms with Gasteiger partial charge in [0, 0.05) is 27.9 Å². The maximum absolute atomic E-state index is 12.1. The highest BCUT2D eigenvalue weighted by Crippen LogP contribution is 2.27. The summed E-state index contributed by atoms with van der Waals surface area (Å²) in [6.07, 6.45) is 1.65. The summed E-state index contributed by atoms with van der Waals surface area (Å²) >= 11 is 2.82. The van der Waals surface area contributed by atoms with E-state index in [0.717, 1.165) is 21.6 Å². The lowest BCUT2D eigenvalue weighted by atomic mass is 10.2. The van der Waals surface area contributed by atoms with Gasteiger partial charge in [0.05, 0.1) is 5.69 Å². The first-order valence-electron chi connectivity index (χ1n) is 6.54. The molecule has 4 aromatic rings. The van der Waals surface area contributed by atoms with Crippen LogP contribution in [0.4, 0.5) is 5.13 Å². The predicted molar refractivity (Wildman–Crippen MR) is 89.5 cm³/mol. The van der Waals surface area contributed by atoms with Gasteiger partial charge in [0.25, 0.3) is 5.91 Å². The van der Waals surface area contributed by atoms with Crippen molar-refractivity contribution in [2.45, 2.75) is 0 Å². The van der Waals surface area contributed by atoms with Gasteiger partial charge in [0.1, 0.15) is 10.7 Å². The van der Waals surface area contributed by atoms with E-state index in [4.69, 9.17) is 0 Å². The molecule has 1 aromatic carbocycles. The van der Waals surface area contributed by atoms with Crippen molar-refractivity contribution in [1.29, 1.82) is 0 Å². The first-order valence-corrected chi connectivity index (χ1v) is 8.30. The fraction of sp³-hybridized carbons (Fsp3) is 0. The van der Waals surface area contributed by atoms with E-state index in [-0.39, 0.29) is 5.91 Å². The van der Waals surface area contributed by atoms with Crippen LogP contribution in [0.5, 0.6) is 0 Å². The molecule has 0 radical (unpaired) electrons. The number of H-pyrrole nitrogens is 1. The molecule has 5 nitrogen and oxygen atoms in total. The summed E-state index contributed by atoms with van der Waals surface area (Å²) in [6, 6.07) is 10.1. The largest absolute Gasteiger partial charge is 0.353 e. The molecule has 0 aliphatic carbocycles. The number of carbonyl (C=O) groups is 1. The number of thiazole rings is 2. The summed E-state index contributed by atoms with van der Waals surface area (Å²) in [5, 5.41) is 8.79. The van der Waals surface area contributed by atoms with Gasteiger partial charge in [0.15, 0.2) is 5.13 Å². The molecule has 0 saturated carbocycles. The van der Waals surface area contributed by atoms with Crippen LogP contribution >= 0.6 is 22.7 Å². The number of hydrogen-bond donors (Lipinski definition) is 2. The number of nitrogens with one attached hydrogen (secondary N) is 2. The lowest BCUT2D eigenvalue weighted by Gasteiger charge is -1.96. The molecule has 0 atom stereocenters. The summed E-state index contributed by atoms with van der Waals surface area (Å²) in [5.74, 6) is -0.242. The van der Waals surface area contributed by atoms with Crippen LogP contribution in [0.1, 0.15) is 10.5 Å². The van der Waals surface area contributed by atoms with E-state index >= 15 is 0 Å². The van der Waals surface area contributed by atoms with Crippen LogP contribution in [0.2, 0.25) is 0 Å². The first kappa shape index (κ1) is 13.2. The lowest BCUT2D eigenvalue weighted by molar-refractivity contribution is 0.102. The second kappa shape index (κ2) is 5.36. The maximum atomic E-state index is 12.1. The molecule has 0 aliphatic rings. The quantitative estimate of drug-likeness (QED) is 0.598. The Morgan fingerprint density at radius 2 is 2.14 bits per heavy atom. The van der Waals surface area contributed by atoms with Crippen molar-refractivity contribution in [3.63, 3.8) is 0 Å². The van der Waals surface area contributed by atoms with Crippen LogP contribution in [0.15, 0.2) is 47.3 Å². The molecule has 0 saturated heterocycles. The molecule has 3 aromatic heterocycles. The second-order valence-electron chi connectivity index (χ2n) is 4.60. The Bertz CT molecular complexity index is 906. The molecular formula is C15H10N4OS2. The van der Waals surface area contributed by atoms with E-state index in [9.17, 15) is 4.79 Å². The minimum atomic E-state index is -0.242. The molecule has 4 rings (SSSR count). The number of aromatic amines is 1. The van der Waals surface area contributed by atoms with Gasteiger partial charge >= 0.3 is 0 Å². The molecule has 22 heavy (non-hydrogen) atoms. The Kier molecular flexibility index (Phi) is 3.21. The molecule has 0 fully saturated rings. The van der Waals surface area contributed by atoms with E-state index in [1.807, 2.05) is 35.7 Å². The average Bonchev–Trinajstić information content (AvgIpc) is 3.26. The highest BCUT2D eigenvalue weighted by Gasteiger charge is 2.14. The molecule has 1 amide bonds. The van der Waals surface area contributed by atoms with E-state index in [1.54, 1.807) is 11.6 Å². The van der Waals surface area contributed by atoms with Gasteiger partial charge in [-0.05, 0) is 12.1 Å². The molecule has 0 unspecified atom stereocenters. The Morgan fingerprint density at radius 3 is 2.95 bits per heavy atom. The van der Waals surface area contributed by atoms with Gasteiger partial charge in [-0.15, -0.1) is 22.7 Å². The normalized spacial score (nSPS) is 10.9. The highest BCUT2D eigenvalue weighted by molar-refractivity contribution is 7.14. The Morgan fingerprint density at radius 1 is 1.23 bits per heavy atom. The van der Waals surface area contributed by atoms with Gasteiger partial charge < -0.3 is 4.98 Å². The van der Waals surface area contributed by atoms with Crippen LogP contribution in [0, 0.1) is 0 Å². The van der Waals surface area contributed by atoms with Crippen molar-refractivity contribution < 1.29 is 4.79 Å². The first-order chi connectivity index (χ1) is 10.8. The number of aromatic nitrogens is 3. The fourth-order valence-corrected chi connectivity index (χ4v) is 3.43. The number of amides is 1. The Labute approximate surface area is 133 Å². The highest BCUT2D eigenvalue weighted by atomic mass is 32.1. The molecule has 7 heteroatoms. The maximum Gasteiger partial charge on any atom is 0.276 e. The van der Waals surface area contributed by atoms with Crippen LogP contribution < -0.4 is 5.32 Å². The van der Waals surface area contributed by atoms with E-state index in [1.165, 1.54) is 22.7 Å². The summed E-state index contributed by atoms with van der Waals surface area (Å²) < 4.78 is 0. The smallest absolute Gasteiger partial charge is 0.276 e. The topological polar surface area (TPSA) is 70.7 Å². The van der Waals surface area contributed by atoms with E-state index < -0.39 is 0 Å². The number of nitrogens with zero attached hydrogens (tertiary/aromatic N) is 2. The van der Waals surface area contributed by atoms with Gasteiger partial charge in [-0.3, -0.25) is 10.1 Å². The summed E-state index contributed by atoms with van der Waals surface area (Å²) in [5.41, 5.74) is 2.37. The zero-order valence-electron chi connectivity index (χ0n) is 11.2. The number of para-hydroxylation sites is 1. The number of fused-ring (bicyclic) bond motifs is 1. The molecular weight excluding hydrogens is 316 g/mol. The monoisotopic (exact) mass is 326 g/mol. The fourth-order valence-electron chi connectivity index (χ4n) is 2.14. The van der Waals surface area contributed by atoms with Crippen molar-refractivity contribution in [3.8, 4) is 10.7 Å². The standard InChI is InChI=1S/C15H10N4OS2/c20-13(19-15-16-5-6-21-15)12-8-22-14(18-12)11-7-9-3-1-2-4-10(9)17-11/h1-8,17H,(H,16,19,20). The Hall–Kier alpha value is -2.51. The van der Waals surface area contributed by atoms with Crippen molar-refractivity contribution in [1.82, 2.24) is 15.0 Å². The van der Waals surface area contributed by atoms with Crippen molar-refractivity contribution >= 4 is 44.6 Å². The van der Waals surface area contributed by atoms with Crippen LogP contribution in [-0.2, 0) is 0 Å². The number of benzene rings is 1. The van der Waals surface area contributed by atoms with E-state index in [0.29, 0.717) is 10.8 Å².